The van der Waals surface area contributed by atoms with Gasteiger partial charge in [0.25, 0.3) is 0 Å². The third-order valence-electron chi connectivity index (χ3n) is 22.1. The Morgan fingerprint density at radius 3 is 0.535 bits per heavy atom. The van der Waals surface area contributed by atoms with Gasteiger partial charge in [-0.25, -0.2) is 16.8 Å². The summed E-state index contributed by atoms with van der Waals surface area (Å²) in [4.78, 5) is -0.0642. The molecule has 0 saturated carbocycles. The summed E-state index contributed by atoms with van der Waals surface area (Å²) in [5, 5.41) is 3.14. The van der Waals surface area contributed by atoms with Crippen LogP contribution in [-0.4, -0.2) is 74.8 Å². The summed E-state index contributed by atoms with van der Waals surface area (Å²) < 4.78 is 73.8. The second kappa shape index (κ2) is 67.0. The summed E-state index contributed by atoms with van der Waals surface area (Å²) in [6, 6.07) is 18.8. The molecule has 0 spiro atoms. The number of benzene rings is 4. The van der Waals surface area contributed by atoms with E-state index < -0.39 is 20.2 Å². The molecule has 0 radical (unpaired) electrons. The Labute approximate surface area is 667 Å². The largest absolute Gasteiger partial charge is 2.00 e. The number of hydrogen-bond donors (Lipinski definition) is 0. The van der Waals surface area contributed by atoms with E-state index in [0.29, 0.717) is 10.8 Å². The zero-order chi connectivity index (χ0) is 71.9. The molecule has 0 N–H and O–H groups in total. The fourth-order valence-corrected chi connectivity index (χ4v) is 17.3. The minimum Gasteiger partial charge on any atom is -0.744 e. The Bertz CT molecular complexity index is 2570. The van der Waals surface area contributed by atoms with Gasteiger partial charge in [0.2, 0.25) is 0 Å². The van der Waals surface area contributed by atoms with Gasteiger partial charge >= 0.3 is 48.9 Å². The topological polar surface area (TPSA) is 114 Å². The Morgan fingerprint density at radius 1 is 0.218 bits per heavy atom. The molecule has 101 heavy (non-hydrogen) atoms. The first kappa shape index (κ1) is 95.9. The second-order valence-electron chi connectivity index (χ2n) is 31.2. The maximum absolute atomic E-state index is 12.3. The number of aryl methyl sites for hydroxylation is 4. The van der Waals surface area contributed by atoms with Crippen molar-refractivity contribution < 1.29 is 25.9 Å². The van der Waals surface area contributed by atoms with E-state index in [1.54, 1.807) is 12.1 Å². The molecule has 4 aromatic carbocycles. The van der Waals surface area contributed by atoms with Crippen LogP contribution in [0.15, 0.2) is 70.5 Å². The fourth-order valence-electron chi connectivity index (χ4n) is 15.8. The van der Waals surface area contributed by atoms with Crippen LogP contribution < -0.4 is 0 Å². The summed E-state index contributed by atoms with van der Waals surface area (Å²) in [7, 11) is -9.06. The molecule has 0 saturated heterocycles. The molecule has 0 fully saturated rings. The molecule has 576 valence electrons. The Kier molecular flexibility index (Phi) is 63.5. The molecule has 0 aliphatic carbocycles. The van der Waals surface area contributed by atoms with Crippen molar-refractivity contribution in [1.29, 1.82) is 0 Å². The van der Waals surface area contributed by atoms with Crippen LogP contribution in [0.4, 0.5) is 0 Å². The Hall–Kier alpha value is -1.21. The zero-order valence-corrected chi connectivity index (χ0v) is 72.9. The van der Waals surface area contributed by atoms with Crippen LogP contribution in [-0.2, 0) is 45.9 Å². The smallest absolute Gasteiger partial charge is 0.744 e. The van der Waals surface area contributed by atoms with Gasteiger partial charge in [0.05, 0.1) is 9.79 Å². The summed E-state index contributed by atoms with van der Waals surface area (Å²) in [5.74, 6) is 0. The van der Waals surface area contributed by atoms with Crippen LogP contribution in [0.25, 0.3) is 21.5 Å². The van der Waals surface area contributed by atoms with E-state index in [-0.39, 0.29) is 58.7 Å². The molecule has 9 heteroatoms. The average Bonchev–Trinajstić information content (AvgIpc) is 0.778. The SMILES string of the molecule is CCCCCCCCCCCCCCCCCCc1cc(S(=O)(=O)[O-])c2ccccc2c1CCCCCCCCCCCCCCCCCC.CCCCCCCCCCCCCCCCCCc1cc(S(=O)(=O)[O-])c2ccccc2c1CCCCCCCCCCCCCCCCCC.[Ba+2]. The first-order valence-electron chi connectivity index (χ1n) is 44.0. The molecule has 0 heterocycles. The summed E-state index contributed by atoms with van der Waals surface area (Å²) >= 11 is 0. The molecule has 0 unspecified atom stereocenters. The first-order valence-corrected chi connectivity index (χ1v) is 46.8. The third kappa shape index (κ3) is 49.5. The molecule has 0 aliphatic rings. The van der Waals surface area contributed by atoms with Crippen molar-refractivity contribution in [3.05, 3.63) is 82.9 Å². The van der Waals surface area contributed by atoms with E-state index in [0.717, 1.165) is 73.3 Å². The van der Waals surface area contributed by atoms with Crippen LogP contribution in [0.5, 0.6) is 0 Å². The molecule has 0 atom stereocenters. The summed E-state index contributed by atoms with van der Waals surface area (Å²) in [5.41, 5.74) is 4.73. The van der Waals surface area contributed by atoms with E-state index in [2.05, 4.69) is 27.7 Å². The molecule has 0 aliphatic heterocycles. The predicted octanol–water partition coefficient (Wildman–Crippen LogP) is 30.3. The Morgan fingerprint density at radius 2 is 0.366 bits per heavy atom. The maximum atomic E-state index is 12.3. The molecule has 4 rings (SSSR count). The van der Waals surface area contributed by atoms with E-state index in [1.165, 1.54) is 396 Å². The number of unbranched alkanes of at least 4 members (excludes halogenated alkanes) is 60. The van der Waals surface area contributed by atoms with Crippen LogP contribution in [0.3, 0.4) is 0 Å². The Balaban J connectivity index is 0.000000680. The predicted molar refractivity (Wildman–Crippen MR) is 443 cm³/mol. The molecular formula is C92H158BaO6S2. The molecule has 0 aromatic heterocycles. The second-order valence-corrected chi connectivity index (χ2v) is 33.9. The maximum Gasteiger partial charge on any atom is 2.00 e. The average molecular weight is 1560 g/mol. The van der Waals surface area contributed by atoms with Crippen molar-refractivity contribution in [3.63, 3.8) is 0 Å². The summed E-state index contributed by atoms with van der Waals surface area (Å²) in [6.45, 7) is 9.14. The van der Waals surface area contributed by atoms with Crippen molar-refractivity contribution in [1.82, 2.24) is 0 Å². The van der Waals surface area contributed by atoms with E-state index in [9.17, 15) is 25.9 Å². The van der Waals surface area contributed by atoms with Crippen LogP contribution >= 0.6 is 0 Å². The normalized spacial score (nSPS) is 11.9. The van der Waals surface area contributed by atoms with Crippen LogP contribution in [0.2, 0.25) is 0 Å². The van der Waals surface area contributed by atoms with Gasteiger partial charge < -0.3 is 9.11 Å². The van der Waals surface area contributed by atoms with Crippen molar-refractivity contribution >= 4 is 90.7 Å². The fraction of sp³-hybridized carbons (Fsp3) is 0.783. The summed E-state index contributed by atoms with van der Waals surface area (Å²) in [6.07, 6.45) is 90.0. The van der Waals surface area contributed by atoms with E-state index in [4.69, 9.17) is 0 Å². The first-order chi connectivity index (χ1) is 49.0. The van der Waals surface area contributed by atoms with E-state index in [1.807, 2.05) is 48.5 Å². The molecule has 0 amide bonds. The van der Waals surface area contributed by atoms with Crippen molar-refractivity contribution in [2.24, 2.45) is 0 Å². The molecule has 6 nitrogen and oxygen atoms in total. The van der Waals surface area contributed by atoms with Crippen molar-refractivity contribution in [2.75, 3.05) is 0 Å². The number of fused-ring (bicyclic) bond motifs is 2. The minimum atomic E-state index is -4.53. The van der Waals surface area contributed by atoms with Gasteiger partial charge in [0.1, 0.15) is 20.2 Å². The molecule has 4 aromatic rings. The van der Waals surface area contributed by atoms with Gasteiger partial charge in [-0.15, -0.1) is 0 Å². The van der Waals surface area contributed by atoms with Gasteiger partial charge in [-0.2, -0.15) is 0 Å². The van der Waals surface area contributed by atoms with Crippen molar-refractivity contribution in [3.8, 4) is 0 Å². The van der Waals surface area contributed by atoms with Crippen molar-refractivity contribution in [2.45, 2.75) is 474 Å². The number of rotatable bonds is 70. The minimum absolute atomic E-state index is 0. The van der Waals surface area contributed by atoms with Gasteiger partial charge in [-0.3, -0.25) is 0 Å². The van der Waals surface area contributed by atoms with E-state index >= 15 is 0 Å². The zero-order valence-electron chi connectivity index (χ0n) is 66.8. The van der Waals surface area contributed by atoms with Gasteiger partial charge in [-0.1, -0.05) is 461 Å². The quantitative estimate of drug-likeness (QED) is 0.0247. The van der Waals surface area contributed by atoms with Gasteiger partial charge in [0, 0.05) is 0 Å². The standard InChI is InChI=1S/2C46H80O3S.Ba/c2*1-3-5-7-9-11-13-15-17-19-21-23-25-27-29-31-33-37-42-41-46(50(47,48)49)45-40-36-35-39-44(45)43(42)38-34-32-30-28-26-24-22-20-18-16-14-12-10-8-6-4-2;/h2*35-36,39-41H,3-34,37-38H2,1-2H3,(H,47,48,49);/q;;+2/p-2. The monoisotopic (exact) mass is 1560 g/mol. The van der Waals surface area contributed by atoms with Gasteiger partial charge in [-0.05, 0) is 107 Å². The van der Waals surface area contributed by atoms with Crippen LogP contribution in [0, 0.1) is 0 Å². The molecular weight excluding hydrogens is 1400 g/mol. The number of hydrogen-bond acceptors (Lipinski definition) is 6. The van der Waals surface area contributed by atoms with Gasteiger partial charge in [0.15, 0.2) is 0 Å². The molecule has 0 bridgehead atoms. The third-order valence-corrected chi connectivity index (χ3v) is 23.9. The van der Waals surface area contributed by atoms with Crippen LogP contribution in [0.1, 0.15) is 461 Å².